The molecule has 0 aliphatic carbocycles. The van der Waals surface area contributed by atoms with Gasteiger partial charge in [-0.25, -0.2) is 0 Å². The molecule has 23 heavy (non-hydrogen) atoms. The molecule has 0 unspecified atom stereocenters. The lowest BCUT2D eigenvalue weighted by molar-refractivity contribution is -0.137. The van der Waals surface area contributed by atoms with Gasteiger partial charge in [0, 0.05) is 12.1 Å². The first kappa shape index (κ1) is 16.4. The molecule has 3 nitrogen and oxygen atoms in total. The first-order valence-electron chi connectivity index (χ1n) is 8.22. The first-order valence-corrected chi connectivity index (χ1v) is 8.22. The molecule has 0 saturated carbocycles. The molecule has 0 aromatic heterocycles. The average Bonchev–Trinajstić information content (AvgIpc) is 2.84. The molecule has 1 aromatic carbocycles. The van der Waals surface area contributed by atoms with Crippen LogP contribution in [0, 0.1) is 0 Å². The van der Waals surface area contributed by atoms with E-state index in [9.17, 15) is 13.2 Å². The third kappa shape index (κ3) is 3.91. The molecule has 128 valence electrons. The van der Waals surface area contributed by atoms with E-state index in [0.29, 0.717) is 24.4 Å². The molecule has 6 heteroatoms. The number of hydrogen-bond acceptors (Lipinski definition) is 3. The van der Waals surface area contributed by atoms with Crippen LogP contribution in [0.15, 0.2) is 18.2 Å². The summed E-state index contributed by atoms with van der Waals surface area (Å²) >= 11 is 0. The minimum absolute atomic E-state index is 0.0365. The van der Waals surface area contributed by atoms with E-state index < -0.39 is 11.7 Å². The molecule has 1 N–H and O–H groups in total. The maximum absolute atomic E-state index is 12.9. The number of ether oxygens (including phenoxy) is 2. The van der Waals surface area contributed by atoms with Gasteiger partial charge in [-0.3, -0.25) is 0 Å². The van der Waals surface area contributed by atoms with Crippen LogP contribution in [0.2, 0.25) is 0 Å². The number of rotatable bonds is 5. The summed E-state index contributed by atoms with van der Waals surface area (Å²) in [6, 6.07) is 4.42. The Bertz CT molecular complexity index is 535. The Morgan fingerprint density at radius 2 is 1.83 bits per heavy atom. The molecule has 0 amide bonds. The predicted octanol–water partition coefficient (Wildman–Crippen LogP) is 4.16. The van der Waals surface area contributed by atoms with Crippen molar-refractivity contribution >= 4 is 0 Å². The van der Waals surface area contributed by atoms with Crippen molar-refractivity contribution in [3.63, 3.8) is 0 Å². The van der Waals surface area contributed by atoms with Gasteiger partial charge >= 0.3 is 6.18 Å². The molecule has 2 bridgehead atoms. The highest BCUT2D eigenvalue weighted by Gasteiger charge is 2.35. The largest absolute Gasteiger partial charge is 0.490 e. The standard InChI is InChI=1S/C17H22F3NO2/c1-2-7-22-16-8-11(17(18,19)20)3-6-15(16)23-14-9-12-4-5-13(10-14)21-12/h3,6,8,12-14,21H,2,4-5,7,9-10H2,1H3/t12-,13+,14+. The quantitative estimate of drug-likeness (QED) is 0.880. The lowest BCUT2D eigenvalue weighted by Crippen LogP contribution is -2.42. The number of fused-ring (bicyclic) bond motifs is 2. The molecule has 2 fully saturated rings. The van der Waals surface area contributed by atoms with Gasteiger partial charge in [-0.15, -0.1) is 0 Å². The zero-order chi connectivity index (χ0) is 16.4. The van der Waals surface area contributed by atoms with E-state index in [4.69, 9.17) is 9.47 Å². The van der Waals surface area contributed by atoms with E-state index in [1.54, 1.807) is 0 Å². The predicted molar refractivity (Wildman–Crippen MR) is 80.8 cm³/mol. The summed E-state index contributed by atoms with van der Waals surface area (Å²) in [6.45, 7) is 2.29. The SMILES string of the molecule is CCCOc1cc(C(F)(F)F)ccc1O[C@H]1C[C@H]2CC[C@@H](C1)N2. The molecule has 1 aromatic rings. The molecule has 2 aliphatic rings. The number of hydrogen-bond donors (Lipinski definition) is 1. The monoisotopic (exact) mass is 329 g/mol. The van der Waals surface area contributed by atoms with Crippen LogP contribution in [-0.2, 0) is 6.18 Å². The van der Waals surface area contributed by atoms with Crippen molar-refractivity contribution in [1.29, 1.82) is 0 Å². The van der Waals surface area contributed by atoms with E-state index in [0.717, 1.165) is 44.2 Å². The van der Waals surface area contributed by atoms with Crippen molar-refractivity contribution in [2.45, 2.75) is 63.4 Å². The maximum atomic E-state index is 12.9. The molecule has 0 spiro atoms. The molecule has 2 heterocycles. The molecule has 3 atom stereocenters. The maximum Gasteiger partial charge on any atom is 0.416 e. The van der Waals surface area contributed by atoms with Crippen molar-refractivity contribution in [2.24, 2.45) is 0 Å². The molecule has 3 rings (SSSR count). The second-order valence-corrected chi connectivity index (χ2v) is 6.36. The van der Waals surface area contributed by atoms with Crippen molar-refractivity contribution in [3.05, 3.63) is 23.8 Å². The fourth-order valence-corrected chi connectivity index (χ4v) is 3.39. The summed E-state index contributed by atoms with van der Waals surface area (Å²) in [7, 11) is 0. The summed E-state index contributed by atoms with van der Waals surface area (Å²) in [4.78, 5) is 0. The van der Waals surface area contributed by atoms with E-state index >= 15 is 0 Å². The van der Waals surface area contributed by atoms with Crippen LogP contribution in [0.5, 0.6) is 11.5 Å². The Balaban J connectivity index is 1.77. The molecular weight excluding hydrogens is 307 g/mol. The van der Waals surface area contributed by atoms with Crippen LogP contribution in [-0.4, -0.2) is 24.8 Å². The van der Waals surface area contributed by atoms with E-state index in [1.807, 2.05) is 6.92 Å². The topological polar surface area (TPSA) is 30.5 Å². The highest BCUT2D eigenvalue weighted by Crippen LogP contribution is 2.38. The number of halogens is 3. The summed E-state index contributed by atoms with van der Waals surface area (Å²) in [5.74, 6) is 0.602. The van der Waals surface area contributed by atoms with Gasteiger partial charge in [0.1, 0.15) is 6.10 Å². The van der Waals surface area contributed by atoms with Crippen molar-refractivity contribution in [2.75, 3.05) is 6.61 Å². The van der Waals surface area contributed by atoms with Gasteiger partial charge in [-0.1, -0.05) is 6.92 Å². The smallest absolute Gasteiger partial charge is 0.416 e. The van der Waals surface area contributed by atoms with Gasteiger partial charge in [0.25, 0.3) is 0 Å². The molecule has 0 radical (unpaired) electrons. The van der Waals surface area contributed by atoms with Gasteiger partial charge in [0.05, 0.1) is 12.2 Å². The summed E-state index contributed by atoms with van der Waals surface area (Å²) < 4.78 is 50.2. The number of benzene rings is 1. The first-order chi connectivity index (χ1) is 11.0. The van der Waals surface area contributed by atoms with Crippen LogP contribution < -0.4 is 14.8 Å². The normalized spacial score (nSPS) is 27.0. The Labute approximate surface area is 134 Å². The van der Waals surface area contributed by atoms with Gasteiger partial charge in [0.15, 0.2) is 11.5 Å². The lowest BCUT2D eigenvalue weighted by Gasteiger charge is -2.30. The lowest BCUT2D eigenvalue weighted by atomic mass is 10.0. The van der Waals surface area contributed by atoms with E-state index in [1.165, 1.54) is 6.07 Å². The zero-order valence-electron chi connectivity index (χ0n) is 13.2. The average molecular weight is 329 g/mol. The van der Waals surface area contributed by atoms with Crippen LogP contribution >= 0.6 is 0 Å². The van der Waals surface area contributed by atoms with E-state index in [2.05, 4.69) is 5.32 Å². The van der Waals surface area contributed by atoms with Crippen molar-refractivity contribution < 1.29 is 22.6 Å². The molecule has 2 saturated heterocycles. The minimum atomic E-state index is -4.38. The number of alkyl halides is 3. The van der Waals surface area contributed by atoms with Gasteiger partial charge < -0.3 is 14.8 Å². The third-order valence-electron chi connectivity index (χ3n) is 4.46. The highest BCUT2D eigenvalue weighted by molar-refractivity contribution is 5.44. The van der Waals surface area contributed by atoms with Crippen LogP contribution in [0.1, 0.15) is 44.6 Å². The van der Waals surface area contributed by atoms with Gasteiger partial charge in [-0.2, -0.15) is 13.2 Å². The highest BCUT2D eigenvalue weighted by atomic mass is 19.4. The number of piperidine rings is 1. The summed E-state index contributed by atoms with van der Waals surface area (Å²) in [5, 5.41) is 3.52. The van der Waals surface area contributed by atoms with Crippen molar-refractivity contribution in [3.8, 4) is 11.5 Å². The van der Waals surface area contributed by atoms with Gasteiger partial charge in [0.2, 0.25) is 0 Å². The zero-order valence-corrected chi connectivity index (χ0v) is 13.2. The van der Waals surface area contributed by atoms with Crippen molar-refractivity contribution in [1.82, 2.24) is 5.32 Å². The van der Waals surface area contributed by atoms with Gasteiger partial charge in [-0.05, 0) is 50.3 Å². The van der Waals surface area contributed by atoms with E-state index in [-0.39, 0.29) is 11.9 Å². The fraction of sp³-hybridized carbons (Fsp3) is 0.647. The Morgan fingerprint density at radius 1 is 1.13 bits per heavy atom. The third-order valence-corrected chi connectivity index (χ3v) is 4.46. The molecule has 2 aliphatic heterocycles. The molecular formula is C17H22F3NO2. The van der Waals surface area contributed by atoms with Crippen LogP contribution in [0.25, 0.3) is 0 Å². The summed E-state index contributed by atoms with van der Waals surface area (Å²) in [5.41, 5.74) is -0.707. The van der Waals surface area contributed by atoms with Crippen LogP contribution in [0.4, 0.5) is 13.2 Å². The minimum Gasteiger partial charge on any atom is -0.490 e. The van der Waals surface area contributed by atoms with Crippen LogP contribution in [0.3, 0.4) is 0 Å². The Morgan fingerprint density at radius 3 is 2.43 bits per heavy atom. The summed E-state index contributed by atoms with van der Waals surface area (Å²) in [6.07, 6.45) is 0.474. The second-order valence-electron chi connectivity index (χ2n) is 6.36. The Hall–Kier alpha value is -1.43. The second kappa shape index (κ2) is 6.59. The Kier molecular flexibility index (Phi) is 4.71. The fourth-order valence-electron chi connectivity index (χ4n) is 3.39. The number of nitrogens with one attached hydrogen (secondary N) is 1.